The van der Waals surface area contributed by atoms with Crippen LogP contribution >= 0.6 is 0 Å². The van der Waals surface area contributed by atoms with Crippen LogP contribution in [0.4, 0.5) is 11.6 Å². The van der Waals surface area contributed by atoms with Gasteiger partial charge in [0.25, 0.3) is 5.91 Å². The third-order valence-corrected chi connectivity index (χ3v) is 4.16. The zero-order chi connectivity index (χ0) is 19.4. The Labute approximate surface area is 157 Å². The minimum absolute atomic E-state index is 0.202. The number of aldehydes is 1. The van der Waals surface area contributed by atoms with E-state index in [1.807, 2.05) is 19.1 Å². The molecule has 0 radical (unpaired) electrons. The third kappa shape index (κ3) is 3.95. The van der Waals surface area contributed by atoms with E-state index in [0.29, 0.717) is 33.8 Å². The predicted octanol–water partition coefficient (Wildman–Crippen LogP) is 3.71. The number of aromatic nitrogens is 1. The van der Waals surface area contributed by atoms with Gasteiger partial charge in [-0.25, -0.2) is 4.98 Å². The van der Waals surface area contributed by atoms with Crippen molar-refractivity contribution in [3.8, 4) is 16.9 Å². The number of benzene rings is 2. The van der Waals surface area contributed by atoms with Gasteiger partial charge in [-0.2, -0.15) is 0 Å². The summed E-state index contributed by atoms with van der Waals surface area (Å²) in [6.45, 7) is 1.95. The molecule has 27 heavy (non-hydrogen) atoms. The Balaban J connectivity index is 1.89. The SMILES string of the molecule is COc1ccc(C=O)c(-c2ccc(NC(=O)c3ccc(C)cc3)nc2N)c1. The van der Waals surface area contributed by atoms with Crippen LogP contribution in [0.25, 0.3) is 11.1 Å². The number of nitrogens with two attached hydrogens (primary N) is 1. The van der Waals surface area contributed by atoms with E-state index in [9.17, 15) is 9.59 Å². The zero-order valence-corrected chi connectivity index (χ0v) is 15.0. The highest BCUT2D eigenvalue weighted by Gasteiger charge is 2.13. The van der Waals surface area contributed by atoms with Gasteiger partial charge >= 0.3 is 0 Å². The lowest BCUT2D eigenvalue weighted by Gasteiger charge is -2.12. The van der Waals surface area contributed by atoms with Crippen molar-refractivity contribution in [1.82, 2.24) is 4.98 Å². The predicted molar refractivity (Wildman–Crippen MR) is 105 cm³/mol. The zero-order valence-electron chi connectivity index (χ0n) is 15.0. The molecule has 0 bridgehead atoms. The summed E-state index contributed by atoms with van der Waals surface area (Å²) in [5.41, 5.74) is 9.36. The normalized spacial score (nSPS) is 10.3. The fourth-order valence-corrected chi connectivity index (χ4v) is 2.66. The summed E-state index contributed by atoms with van der Waals surface area (Å²) >= 11 is 0. The number of pyridine rings is 1. The van der Waals surface area contributed by atoms with E-state index in [1.165, 1.54) is 0 Å². The lowest BCUT2D eigenvalue weighted by atomic mass is 10.0. The quantitative estimate of drug-likeness (QED) is 0.676. The van der Waals surface area contributed by atoms with Gasteiger partial charge in [-0.15, -0.1) is 0 Å². The average Bonchev–Trinajstić information content (AvgIpc) is 2.68. The maximum Gasteiger partial charge on any atom is 0.256 e. The van der Waals surface area contributed by atoms with Gasteiger partial charge < -0.3 is 15.8 Å². The molecular weight excluding hydrogens is 342 g/mol. The number of ether oxygens (including phenoxy) is 1. The van der Waals surface area contributed by atoms with Crippen molar-refractivity contribution in [2.75, 3.05) is 18.2 Å². The largest absolute Gasteiger partial charge is 0.497 e. The molecule has 0 saturated heterocycles. The van der Waals surface area contributed by atoms with Gasteiger partial charge in [0.1, 0.15) is 17.4 Å². The molecule has 1 amide bonds. The topological polar surface area (TPSA) is 94.3 Å². The number of carbonyl (C=O) groups is 2. The van der Waals surface area contributed by atoms with Crippen molar-refractivity contribution < 1.29 is 14.3 Å². The van der Waals surface area contributed by atoms with Crippen LogP contribution in [0.2, 0.25) is 0 Å². The first kappa shape index (κ1) is 18.1. The van der Waals surface area contributed by atoms with Crippen LogP contribution in [0.15, 0.2) is 54.6 Å². The molecule has 6 heteroatoms. The Kier molecular flexibility index (Phi) is 5.17. The van der Waals surface area contributed by atoms with Crippen LogP contribution in [0.3, 0.4) is 0 Å². The van der Waals surface area contributed by atoms with Crippen molar-refractivity contribution in [3.05, 3.63) is 71.3 Å². The first-order valence-corrected chi connectivity index (χ1v) is 8.30. The minimum Gasteiger partial charge on any atom is -0.497 e. The Hall–Kier alpha value is -3.67. The Morgan fingerprint density at radius 2 is 1.81 bits per heavy atom. The summed E-state index contributed by atoms with van der Waals surface area (Å²) in [6.07, 6.45) is 0.751. The molecule has 1 heterocycles. The van der Waals surface area contributed by atoms with Crippen molar-refractivity contribution >= 4 is 23.8 Å². The molecule has 0 spiro atoms. The number of nitrogens with one attached hydrogen (secondary N) is 1. The average molecular weight is 361 g/mol. The Morgan fingerprint density at radius 3 is 2.44 bits per heavy atom. The number of anilines is 2. The van der Waals surface area contributed by atoms with Crippen molar-refractivity contribution in [2.24, 2.45) is 0 Å². The molecule has 0 fully saturated rings. The molecule has 3 aromatic rings. The second kappa shape index (κ2) is 7.70. The van der Waals surface area contributed by atoms with Gasteiger partial charge in [0.2, 0.25) is 0 Å². The van der Waals surface area contributed by atoms with Gasteiger partial charge in [0.15, 0.2) is 6.29 Å². The van der Waals surface area contributed by atoms with Gasteiger partial charge in [-0.1, -0.05) is 17.7 Å². The maximum atomic E-state index is 12.3. The second-order valence-electron chi connectivity index (χ2n) is 6.02. The van der Waals surface area contributed by atoms with Gasteiger partial charge in [0.05, 0.1) is 7.11 Å². The van der Waals surface area contributed by atoms with Gasteiger partial charge in [-0.3, -0.25) is 9.59 Å². The van der Waals surface area contributed by atoms with E-state index in [1.54, 1.807) is 49.6 Å². The lowest BCUT2D eigenvalue weighted by Crippen LogP contribution is -2.13. The second-order valence-corrected chi connectivity index (χ2v) is 6.02. The number of nitrogen functional groups attached to an aromatic ring is 1. The number of hydrogen-bond donors (Lipinski definition) is 2. The monoisotopic (exact) mass is 361 g/mol. The molecule has 0 aliphatic carbocycles. The highest BCUT2D eigenvalue weighted by atomic mass is 16.5. The number of carbonyl (C=O) groups excluding carboxylic acids is 2. The molecule has 3 rings (SSSR count). The summed E-state index contributed by atoms with van der Waals surface area (Å²) < 4.78 is 5.22. The standard InChI is InChI=1S/C21H19N3O3/c1-13-3-5-14(6-4-13)21(26)24-19-10-9-17(20(22)23-19)18-11-16(27-2)8-7-15(18)12-25/h3-12H,1-2H3,(H3,22,23,24,26). The molecule has 0 saturated carbocycles. The molecule has 136 valence electrons. The summed E-state index contributed by atoms with van der Waals surface area (Å²) in [7, 11) is 1.55. The molecule has 0 aliphatic heterocycles. The summed E-state index contributed by atoms with van der Waals surface area (Å²) in [6, 6.07) is 15.7. The van der Waals surface area contributed by atoms with E-state index >= 15 is 0 Å². The minimum atomic E-state index is -0.274. The van der Waals surface area contributed by atoms with E-state index in [0.717, 1.165) is 11.8 Å². The van der Waals surface area contributed by atoms with Gasteiger partial charge in [0, 0.05) is 16.7 Å². The smallest absolute Gasteiger partial charge is 0.256 e. The molecule has 6 nitrogen and oxygen atoms in total. The van der Waals surface area contributed by atoms with Crippen LogP contribution in [-0.2, 0) is 0 Å². The van der Waals surface area contributed by atoms with Crippen molar-refractivity contribution in [2.45, 2.75) is 6.92 Å². The van der Waals surface area contributed by atoms with Crippen LogP contribution in [0.5, 0.6) is 5.75 Å². The van der Waals surface area contributed by atoms with Crippen molar-refractivity contribution in [3.63, 3.8) is 0 Å². The number of amides is 1. The van der Waals surface area contributed by atoms with Crippen LogP contribution in [-0.4, -0.2) is 24.3 Å². The lowest BCUT2D eigenvalue weighted by molar-refractivity contribution is 0.102. The highest BCUT2D eigenvalue weighted by Crippen LogP contribution is 2.31. The molecule has 1 aromatic heterocycles. The highest BCUT2D eigenvalue weighted by molar-refractivity contribution is 6.04. The van der Waals surface area contributed by atoms with E-state index in [4.69, 9.17) is 10.5 Å². The third-order valence-electron chi connectivity index (χ3n) is 4.16. The van der Waals surface area contributed by atoms with E-state index in [-0.39, 0.29) is 11.7 Å². The number of nitrogens with zero attached hydrogens (tertiary/aromatic N) is 1. The van der Waals surface area contributed by atoms with Crippen LogP contribution in [0.1, 0.15) is 26.3 Å². The maximum absolute atomic E-state index is 12.3. The summed E-state index contributed by atoms with van der Waals surface area (Å²) in [5.74, 6) is 0.863. The fraction of sp³-hybridized carbons (Fsp3) is 0.0952. The Morgan fingerprint density at radius 1 is 1.07 bits per heavy atom. The molecule has 0 atom stereocenters. The molecule has 0 aliphatic rings. The number of hydrogen-bond acceptors (Lipinski definition) is 5. The number of methoxy groups -OCH3 is 1. The number of rotatable bonds is 5. The van der Waals surface area contributed by atoms with Crippen molar-refractivity contribution in [1.29, 1.82) is 0 Å². The van der Waals surface area contributed by atoms with Crippen LogP contribution in [0, 0.1) is 6.92 Å². The molecule has 3 N–H and O–H groups in total. The first-order valence-electron chi connectivity index (χ1n) is 8.30. The molecular formula is C21H19N3O3. The Bertz CT molecular complexity index is 998. The van der Waals surface area contributed by atoms with Gasteiger partial charge in [-0.05, 0) is 55.0 Å². The summed E-state index contributed by atoms with van der Waals surface area (Å²) in [5, 5.41) is 2.72. The van der Waals surface area contributed by atoms with Crippen LogP contribution < -0.4 is 15.8 Å². The van der Waals surface area contributed by atoms with E-state index in [2.05, 4.69) is 10.3 Å². The van der Waals surface area contributed by atoms with E-state index < -0.39 is 0 Å². The fourth-order valence-electron chi connectivity index (χ4n) is 2.66. The summed E-state index contributed by atoms with van der Waals surface area (Å²) in [4.78, 5) is 27.9. The molecule has 0 unspecified atom stereocenters. The molecule has 2 aromatic carbocycles. The number of aryl methyl sites for hydroxylation is 1. The first-order chi connectivity index (χ1) is 13.0.